The molecule has 0 aromatic heterocycles. The minimum absolute atomic E-state index is 0.0763. The van der Waals surface area contributed by atoms with Crippen LogP contribution in [0.5, 0.6) is 0 Å². The molecular formula is C16H24N2O2. The van der Waals surface area contributed by atoms with Gasteiger partial charge in [-0.15, -0.1) is 0 Å². The number of amides is 1. The predicted octanol–water partition coefficient (Wildman–Crippen LogP) is 1.71. The Bertz CT molecular complexity index is 485. The fraction of sp³-hybridized carbons (Fsp3) is 0.562. The van der Waals surface area contributed by atoms with E-state index in [1.54, 1.807) is 0 Å². The number of carbonyl (C=O) groups excluding carboxylic acids is 1. The number of carbonyl (C=O) groups is 1. The molecule has 1 atom stereocenters. The molecule has 0 saturated carbocycles. The lowest BCUT2D eigenvalue weighted by molar-refractivity contribution is -0.157. The largest absolute Gasteiger partial charge is 0.369 e. The van der Waals surface area contributed by atoms with E-state index in [4.69, 9.17) is 10.5 Å². The Morgan fingerprint density at radius 1 is 1.40 bits per heavy atom. The van der Waals surface area contributed by atoms with E-state index in [2.05, 4.69) is 0 Å². The molecule has 1 aliphatic rings. The van der Waals surface area contributed by atoms with Crippen LogP contribution in [0.1, 0.15) is 31.9 Å². The molecule has 1 aromatic carbocycles. The van der Waals surface area contributed by atoms with Crippen LogP contribution < -0.4 is 5.73 Å². The lowest BCUT2D eigenvalue weighted by Crippen LogP contribution is -2.54. The van der Waals surface area contributed by atoms with Gasteiger partial charge in [0.2, 0.25) is 5.91 Å². The maximum absolute atomic E-state index is 12.5. The summed E-state index contributed by atoms with van der Waals surface area (Å²) in [5.74, 6) is 0.147. The van der Waals surface area contributed by atoms with Gasteiger partial charge in [0.1, 0.15) is 0 Å². The number of nitrogens with zero attached hydrogens (tertiary/aromatic N) is 1. The highest BCUT2D eigenvalue weighted by Crippen LogP contribution is 2.21. The van der Waals surface area contributed by atoms with Crippen LogP contribution in [0.2, 0.25) is 0 Å². The molecular weight excluding hydrogens is 252 g/mol. The summed E-state index contributed by atoms with van der Waals surface area (Å²) >= 11 is 0. The Kier molecular flexibility index (Phi) is 4.45. The molecule has 4 nitrogen and oxygen atoms in total. The fourth-order valence-electron chi connectivity index (χ4n) is 2.85. The normalized spacial score (nSPS) is 21.8. The van der Waals surface area contributed by atoms with Gasteiger partial charge in [0, 0.05) is 19.6 Å². The first-order valence-electron chi connectivity index (χ1n) is 7.14. The summed E-state index contributed by atoms with van der Waals surface area (Å²) in [5, 5.41) is 0. The Morgan fingerprint density at radius 3 is 2.65 bits per heavy atom. The summed E-state index contributed by atoms with van der Waals surface area (Å²) in [6.45, 7) is 7.82. The Balaban J connectivity index is 2.08. The quantitative estimate of drug-likeness (QED) is 0.914. The van der Waals surface area contributed by atoms with Crippen LogP contribution in [0.25, 0.3) is 0 Å². The number of morpholine rings is 1. The van der Waals surface area contributed by atoms with Gasteiger partial charge in [-0.1, -0.05) is 24.3 Å². The smallest absolute Gasteiger partial charge is 0.227 e. The average molecular weight is 276 g/mol. The first-order valence-corrected chi connectivity index (χ1v) is 7.14. The predicted molar refractivity (Wildman–Crippen MR) is 79.2 cm³/mol. The van der Waals surface area contributed by atoms with Gasteiger partial charge in [-0.05, 0) is 31.9 Å². The molecule has 4 heteroatoms. The number of rotatable bonds is 3. The zero-order valence-electron chi connectivity index (χ0n) is 12.6. The fourth-order valence-corrected chi connectivity index (χ4v) is 2.85. The van der Waals surface area contributed by atoms with Gasteiger partial charge in [0.15, 0.2) is 0 Å². The van der Waals surface area contributed by atoms with E-state index in [-0.39, 0.29) is 17.6 Å². The van der Waals surface area contributed by atoms with Gasteiger partial charge < -0.3 is 15.4 Å². The topological polar surface area (TPSA) is 55.6 Å². The monoisotopic (exact) mass is 276 g/mol. The van der Waals surface area contributed by atoms with Gasteiger partial charge >= 0.3 is 0 Å². The van der Waals surface area contributed by atoms with Gasteiger partial charge in [-0.3, -0.25) is 4.79 Å². The molecule has 110 valence electrons. The maximum Gasteiger partial charge on any atom is 0.227 e. The molecule has 2 rings (SSSR count). The van der Waals surface area contributed by atoms with Crippen molar-refractivity contribution in [3.63, 3.8) is 0 Å². The van der Waals surface area contributed by atoms with Crippen molar-refractivity contribution in [2.24, 2.45) is 5.73 Å². The number of hydrogen-bond acceptors (Lipinski definition) is 3. The summed E-state index contributed by atoms with van der Waals surface area (Å²) in [7, 11) is 0. The summed E-state index contributed by atoms with van der Waals surface area (Å²) < 4.78 is 5.84. The summed E-state index contributed by atoms with van der Waals surface area (Å²) in [5.41, 5.74) is 7.52. The van der Waals surface area contributed by atoms with E-state index < -0.39 is 0 Å². The van der Waals surface area contributed by atoms with Gasteiger partial charge in [0.25, 0.3) is 0 Å². The van der Waals surface area contributed by atoms with Crippen molar-refractivity contribution in [1.29, 1.82) is 0 Å². The Morgan fingerprint density at radius 2 is 2.05 bits per heavy atom. The minimum atomic E-state index is -0.277. The molecule has 1 saturated heterocycles. The molecule has 20 heavy (non-hydrogen) atoms. The lowest BCUT2D eigenvalue weighted by Gasteiger charge is -2.41. The third-order valence-corrected chi connectivity index (χ3v) is 3.60. The summed E-state index contributed by atoms with van der Waals surface area (Å²) in [4.78, 5) is 14.4. The van der Waals surface area contributed by atoms with Gasteiger partial charge in [0.05, 0.1) is 18.1 Å². The Hall–Kier alpha value is -1.39. The molecule has 1 amide bonds. The standard InChI is InChI=1S/C16H24N2O2/c1-12-10-18(11-16(2,3)20-12)15(19)8-13-6-4-5-7-14(13)9-17/h4-7,12H,8-11,17H2,1-3H3. The molecule has 1 heterocycles. The maximum atomic E-state index is 12.5. The highest BCUT2D eigenvalue weighted by atomic mass is 16.5. The van der Waals surface area contributed by atoms with E-state index in [9.17, 15) is 4.79 Å². The first kappa shape index (κ1) is 15.0. The van der Waals surface area contributed by atoms with Crippen LogP contribution >= 0.6 is 0 Å². The van der Waals surface area contributed by atoms with Crippen LogP contribution in [0.15, 0.2) is 24.3 Å². The zero-order valence-corrected chi connectivity index (χ0v) is 12.6. The molecule has 0 bridgehead atoms. The van der Waals surface area contributed by atoms with E-state index in [0.29, 0.717) is 26.1 Å². The number of ether oxygens (including phenoxy) is 1. The van der Waals surface area contributed by atoms with E-state index in [1.165, 1.54) is 0 Å². The Labute approximate surface area is 120 Å². The number of nitrogens with two attached hydrogens (primary N) is 1. The molecule has 1 aromatic rings. The van der Waals surface area contributed by atoms with Crippen molar-refractivity contribution in [3.05, 3.63) is 35.4 Å². The number of benzene rings is 1. The van der Waals surface area contributed by atoms with E-state index in [1.807, 2.05) is 49.9 Å². The first-order chi connectivity index (χ1) is 9.41. The SMILES string of the molecule is CC1CN(C(=O)Cc2ccccc2CN)CC(C)(C)O1. The molecule has 1 unspecified atom stereocenters. The minimum Gasteiger partial charge on any atom is -0.369 e. The second-order valence-electron chi connectivity index (χ2n) is 6.11. The molecule has 0 radical (unpaired) electrons. The summed E-state index contributed by atoms with van der Waals surface area (Å²) in [6, 6.07) is 7.87. The highest BCUT2D eigenvalue weighted by Gasteiger charge is 2.33. The van der Waals surface area contributed by atoms with Crippen molar-refractivity contribution in [2.75, 3.05) is 13.1 Å². The van der Waals surface area contributed by atoms with Gasteiger partial charge in [-0.25, -0.2) is 0 Å². The van der Waals surface area contributed by atoms with Crippen molar-refractivity contribution in [2.45, 2.75) is 45.4 Å². The molecule has 1 aliphatic heterocycles. The van der Waals surface area contributed by atoms with Crippen molar-refractivity contribution in [3.8, 4) is 0 Å². The second-order valence-corrected chi connectivity index (χ2v) is 6.11. The van der Waals surface area contributed by atoms with Crippen LogP contribution in [0, 0.1) is 0 Å². The summed E-state index contributed by atoms with van der Waals surface area (Å²) in [6.07, 6.45) is 0.489. The third kappa shape index (κ3) is 3.58. The van der Waals surface area contributed by atoms with Crippen molar-refractivity contribution >= 4 is 5.91 Å². The second kappa shape index (κ2) is 5.94. The van der Waals surface area contributed by atoms with Crippen molar-refractivity contribution < 1.29 is 9.53 Å². The van der Waals surface area contributed by atoms with Crippen LogP contribution in [-0.4, -0.2) is 35.6 Å². The molecule has 2 N–H and O–H groups in total. The molecule has 0 aliphatic carbocycles. The van der Waals surface area contributed by atoms with Crippen molar-refractivity contribution in [1.82, 2.24) is 4.90 Å². The molecule has 0 spiro atoms. The average Bonchev–Trinajstić information content (AvgIpc) is 2.37. The van der Waals surface area contributed by atoms with E-state index >= 15 is 0 Å². The van der Waals surface area contributed by atoms with Crippen LogP contribution in [-0.2, 0) is 22.5 Å². The molecule has 1 fully saturated rings. The lowest BCUT2D eigenvalue weighted by atomic mass is 10.0. The van der Waals surface area contributed by atoms with Crippen LogP contribution in [0.4, 0.5) is 0 Å². The number of hydrogen-bond donors (Lipinski definition) is 1. The van der Waals surface area contributed by atoms with Crippen LogP contribution in [0.3, 0.4) is 0 Å². The van der Waals surface area contributed by atoms with E-state index in [0.717, 1.165) is 11.1 Å². The van der Waals surface area contributed by atoms with Gasteiger partial charge in [-0.2, -0.15) is 0 Å². The third-order valence-electron chi connectivity index (χ3n) is 3.60. The highest BCUT2D eigenvalue weighted by molar-refractivity contribution is 5.79. The zero-order chi connectivity index (χ0) is 14.8.